The number of ether oxygens (including phenoxy) is 2. The third-order valence-electron chi connectivity index (χ3n) is 2.17. The molecule has 19 heavy (non-hydrogen) atoms. The van der Waals surface area contributed by atoms with Gasteiger partial charge in [0.1, 0.15) is 5.75 Å². The van der Waals surface area contributed by atoms with Gasteiger partial charge in [0.25, 0.3) is 0 Å². The average Bonchev–Trinajstić information content (AvgIpc) is 2.32. The lowest BCUT2D eigenvalue weighted by atomic mass is 10.2. The predicted molar refractivity (Wildman–Crippen MR) is 72.3 cm³/mol. The highest BCUT2D eigenvalue weighted by molar-refractivity contribution is 9.10. The Morgan fingerprint density at radius 1 is 1.42 bits per heavy atom. The van der Waals surface area contributed by atoms with Crippen molar-refractivity contribution in [3.05, 3.63) is 22.2 Å². The van der Waals surface area contributed by atoms with Gasteiger partial charge in [0.2, 0.25) is 0 Å². The molecule has 1 aromatic rings. The zero-order valence-corrected chi connectivity index (χ0v) is 11.9. The maximum Gasteiger partial charge on any atom is 0.339 e. The van der Waals surface area contributed by atoms with E-state index in [4.69, 9.17) is 20.3 Å². The van der Waals surface area contributed by atoms with Crippen molar-refractivity contribution in [3.63, 3.8) is 0 Å². The molecule has 0 saturated carbocycles. The molecule has 0 fully saturated rings. The zero-order chi connectivity index (χ0) is 14.4. The van der Waals surface area contributed by atoms with Crippen LogP contribution in [0.2, 0.25) is 0 Å². The first-order valence-corrected chi connectivity index (χ1v) is 6.35. The third kappa shape index (κ3) is 4.44. The molecule has 0 aliphatic carbocycles. The van der Waals surface area contributed by atoms with Crippen molar-refractivity contribution in [2.24, 2.45) is 0 Å². The molecule has 6 nitrogen and oxygen atoms in total. The van der Waals surface area contributed by atoms with E-state index in [1.807, 2.05) is 0 Å². The summed E-state index contributed by atoms with van der Waals surface area (Å²) < 4.78 is 10.6. The van der Waals surface area contributed by atoms with Crippen LogP contribution in [0.1, 0.15) is 23.7 Å². The summed E-state index contributed by atoms with van der Waals surface area (Å²) in [6.07, 6.45) is -0.128. The Balaban J connectivity index is 2.84. The minimum Gasteiger partial charge on any atom is -0.491 e. The molecule has 7 heteroatoms. The van der Waals surface area contributed by atoms with Crippen molar-refractivity contribution in [2.75, 3.05) is 18.9 Å². The van der Waals surface area contributed by atoms with Gasteiger partial charge in [0, 0.05) is 4.47 Å². The van der Waals surface area contributed by atoms with E-state index in [9.17, 15) is 9.59 Å². The maximum absolute atomic E-state index is 11.6. The first-order chi connectivity index (χ1) is 8.95. The smallest absolute Gasteiger partial charge is 0.339 e. The lowest BCUT2D eigenvalue weighted by molar-refractivity contribution is -0.137. The number of carbonyl (C=O) groups is 2. The molecule has 0 spiro atoms. The number of nitrogen functional groups attached to an aromatic ring is 1. The van der Waals surface area contributed by atoms with Crippen LogP contribution in [0.4, 0.5) is 5.69 Å². The number of anilines is 1. The fourth-order valence-corrected chi connectivity index (χ4v) is 1.79. The number of rotatable bonds is 6. The number of halogens is 1. The monoisotopic (exact) mass is 331 g/mol. The quantitative estimate of drug-likeness (QED) is 0.611. The van der Waals surface area contributed by atoms with Crippen LogP contribution >= 0.6 is 15.9 Å². The van der Waals surface area contributed by atoms with Crippen molar-refractivity contribution >= 4 is 33.6 Å². The van der Waals surface area contributed by atoms with Gasteiger partial charge in [-0.25, -0.2) is 4.79 Å². The Morgan fingerprint density at radius 3 is 2.68 bits per heavy atom. The van der Waals surface area contributed by atoms with E-state index < -0.39 is 11.9 Å². The molecule has 1 aromatic carbocycles. The van der Waals surface area contributed by atoms with Gasteiger partial charge in [-0.1, -0.05) is 0 Å². The summed E-state index contributed by atoms with van der Waals surface area (Å²) >= 11 is 3.22. The minimum atomic E-state index is -0.958. The van der Waals surface area contributed by atoms with E-state index in [0.717, 1.165) is 0 Å². The number of nitrogens with two attached hydrogens (primary N) is 1. The summed E-state index contributed by atoms with van der Waals surface area (Å²) in [6, 6.07) is 2.95. The van der Waals surface area contributed by atoms with Gasteiger partial charge in [0.15, 0.2) is 0 Å². The van der Waals surface area contributed by atoms with Gasteiger partial charge in [-0.05, 0) is 35.0 Å². The van der Waals surface area contributed by atoms with Gasteiger partial charge >= 0.3 is 11.9 Å². The molecule has 0 amide bonds. The number of benzene rings is 1. The summed E-state index contributed by atoms with van der Waals surface area (Å²) in [5, 5.41) is 8.51. The summed E-state index contributed by atoms with van der Waals surface area (Å²) in [5.74, 6) is -1.12. The largest absolute Gasteiger partial charge is 0.491 e. The Kier molecular flexibility index (Phi) is 5.62. The first kappa shape index (κ1) is 15.3. The second-order valence-corrected chi connectivity index (χ2v) is 4.44. The fourth-order valence-electron chi connectivity index (χ4n) is 1.31. The molecule has 104 valence electrons. The molecule has 0 atom stereocenters. The molecular weight excluding hydrogens is 318 g/mol. The van der Waals surface area contributed by atoms with E-state index >= 15 is 0 Å². The molecule has 0 heterocycles. The number of esters is 1. The number of carboxylic acid groups (broad SMARTS) is 1. The number of hydrogen-bond donors (Lipinski definition) is 2. The van der Waals surface area contributed by atoms with Crippen LogP contribution in [-0.2, 0) is 9.53 Å². The summed E-state index contributed by atoms with van der Waals surface area (Å²) in [7, 11) is 0. The van der Waals surface area contributed by atoms with Gasteiger partial charge in [-0.15, -0.1) is 0 Å². The summed E-state index contributed by atoms with van der Waals surface area (Å²) in [6.45, 7) is 1.98. The zero-order valence-electron chi connectivity index (χ0n) is 10.3. The Morgan fingerprint density at radius 2 is 2.11 bits per heavy atom. The topological polar surface area (TPSA) is 98.9 Å². The molecule has 0 unspecified atom stereocenters. The van der Waals surface area contributed by atoms with E-state index in [1.165, 1.54) is 12.1 Å². The molecule has 0 bridgehead atoms. The normalized spacial score (nSPS) is 10.0. The van der Waals surface area contributed by atoms with Gasteiger partial charge in [-0.3, -0.25) is 4.79 Å². The number of aliphatic carboxylic acids is 1. The summed E-state index contributed by atoms with van der Waals surface area (Å²) in [5.41, 5.74) is 6.28. The minimum absolute atomic E-state index is 0.00469. The highest BCUT2D eigenvalue weighted by Gasteiger charge is 2.15. The van der Waals surface area contributed by atoms with Crippen LogP contribution in [0, 0.1) is 0 Å². The van der Waals surface area contributed by atoms with Crippen LogP contribution in [-0.4, -0.2) is 30.3 Å². The van der Waals surface area contributed by atoms with Crippen LogP contribution < -0.4 is 10.5 Å². The molecule has 3 N–H and O–H groups in total. The van der Waals surface area contributed by atoms with Crippen molar-refractivity contribution < 1.29 is 24.2 Å². The van der Waals surface area contributed by atoms with Gasteiger partial charge in [0.05, 0.1) is 30.9 Å². The second-order valence-electron chi connectivity index (χ2n) is 3.58. The van der Waals surface area contributed by atoms with E-state index in [1.54, 1.807) is 6.92 Å². The van der Waals surface area contributed by atoms with Crippen LogP contribution in [0.3, 0.4) is 0 Å². The number of carbonyl (C=O) groups excluding carboxylic acids is 1. The number of hydrogen-bond acceptors (Lipinski definition) is 5. The standard InChI is InChI=1S/C12H14BrNO5/c1-2-18-12(17)7-5-9(14)10(6-8(7)13)19-4-3-11(15)16/h5-6H,2-4,14H2,1H3,(H,15,16). The number of carboxylic acids is 1. The third-order valence-corrected chi connectivity index (χ3v) is 2.82. The predicted octanol–water partition coefficient (Wildman–Crippen LogP) is 2.06. The first-order valence-electron chi connectivity index (χ1n) is 5.56. The SMILES string of the molecule is CCOC(=O)c1cc(N)c(OCCC(=O)O)cc1Br. The van der Waals surface area contributed by atoms with Crippen LogP contribution in [0.5, 0.6) is 5.75 Å². The van der Waals surface area contributed by atoms with Crippen LogP contribution in [0.25, 0.3) is 0 Å². The van der Waals surface area contributed by atoms with Crippen LogP contribution in [0.15, 0.2) is 16.6 Å². The lowest BCUT2D eigenvalue weighted by Crippen LogP contribution is -2.09. The second kappa shape index (κ2) is 6.98. The molecule has 0 aliphatic rings. The summed E-state index contributed by atoms with van der Waals surface area (Å²) in [4.78, 5) is 22.0. The molecule has 1 rings (SSSR count). The Hall–Kier alpha value is -1.76. The highest BCUT2D eigenvalue weighted by Crippen LogP contribution is 2.30. The van der Waals surface area contributed by atoms with Gasteiger partial charge < -0.3 is 20.3 Å². The van der Waals surface area contributed by atoms with Crippen molar-refractivity contribution in [1.82, 2.24) is 0 Å². The van der Waals surface area contributed by atoms with Gasteiger partial charge in [-0.2, -0.15) is 0 Å². The van der Waals surface area contributed by atoms with Crippen molar-refractivity contribution in [3.8, 4) is 5.75 Å². The molecule has 0 radical (unpaired) electrons. The lowest BCUT2D eigenvalue weighted by Gasteiger charge is -2.11. The van der Waals surface area contributed by atoms with E-state index in [-0.39, 0.29) is 25.3 Å². The molecule has 0 aromatic heterocycles. The van der Waals surface area contributed by atoms with Crippen molar-refractivity contribution in [1.29, 1.82) is 0 Å². The molecule has 0 saturated heterocycles. The average molecular weight is 332 g/mol. The molecule has 0 aliphatic heterocycles. The maximum atomic E-state index is 11.6. The highest BCUT2D eigenvalue weighted by atomic mass is 79.9. The Bertz CT molecular complexity index is 489. The van der Waals surface area contributed by atoms with E-state index in [2.05, 4.69) is 15.9 Å². The van der Waals surface area contributed by atoms with E-state index in [0.29, 0.717) is 15.8 Å². The van der Waals surface area contributed by atoms with Crippen molar-refractivity contribution in [2.45, 2.75) is 13.3 Å². The Labute approximate surface area is 118 Å². The fraction of sp³-hybridized carbons (Fsp3) is 0.333. The molecular formula is C12H14BrNO5.